The quantitative estimate of drug-likeness (QED) is 0.821. The summed E-state index contributed by atoms with van der Waals surface area (Å²) in [5, 5.41) is 11.6. The second kappa shape index (κ2) is 5.77. The molecule has 1 heterocycles. The SMILES string of the molecule is Cc1ccccc1Nc1ncc(/C=C/C(=O)O)cn1. The molecule has 0 aliphatic rings. The lowest BCUT2D eigenvalue weighted by Crippen LogP contribution is -1.98. The fourth-order valence-corrected chi connectivity index (χ4v) is 1.49. The third-order valence-electron chi connectivity index (χ3n) is 2.48. The highest BCUT2D eigenvalue weighted by atomic mass is 16.4. The molecule has 2 aromatic rings. The van der Waals surface area contributed by atoms with E-state index >= 15 is 0 Å². The van der Waals surface area contributed by atoms with Crippen LogP contribution in [0, 0.1) is 6.92 Å². The summed E-state index contributed by atoms with van der Waals surface area (Å²) in [4.78, 5) is 18.6. The molecule has 0 aliphatic carbocycles. The first-order chi connectivity index (χ1) is 9.15. The minimum atomic E-state index is -0.998. The van der Waals surface area contributed by atoms with E-state index in [1.54, 1.807) is 12.4 Å². The summed E-state index contributed by atoms with van der Waals surface area (Å²) in [6.45, 7) is 1.99. The Morgan fingerprint density at radius 2 is 1.95 bits per heavy atom. The topological polar surface area (TPSA) is 75.1 Å². The Morgan fingerprint density at radius 1 is 1.26 bits per heavy atom. The van der Waals surface area contributed by atoms with E-state index < -0.39 is 5.97 Å². The molecule has 0 spiro atoms. The van der Waals surface area contributed by atoms with E-state index in [1.807, 2.05) is 31.2 Å². The second-order valence-electron chi connectivity index (χ2n) is 3.95. The highest BCUT2D eigenvalue weighted by Crippen LogP contribution is 2.17. The monoisotopic (exact) mass is 255 g/mol. The standard InChI is InChI=1S/C14H13N3O2/c1-10-4-2-3-5-12(10)17-14-15-8-11(9-16-14)6-7-13(18)19/h2-9H,1H3,(H,18,19)(H,15,16,17)/b7-6+. The van der Waals surface area contributed by atoms with Gasteiger partial charge in [-0.15, -0.1) is 0 Å². The minimum Gasteiger partial charge on any atom is -0.478 e. The van der Waals surface area contributed by atoms with E-state index in [0.717, 1.165) is 17.3 Å². The lowest BCUT2D eigenvalue weighted by Gasteiger charge is -2.07. The number of nitrogens with one attached hydrogen (secondary N) is 1. The van der Waals surface area contributed by atoms with Gasteiger partial charge in [-0.3, -0.25) is 0 Å². The number of hydrogen-bond donors (Lipinski definition) is 2. The van der Waals surface area contributed by atoms with Crippen molar-refractivity contribution in [2.24, 2.45) is 0 Å². The van der Waals surface area contributed by atoms with Gasteiger partial charge in [0, 0.05) is 29.7 Å². The molecule has 1 aromatic carbocycles. The Morgan fingerprint density at radius 3 is 2.58 bits per heavy atom. The Kier molecular flexibility index (Phi) is 3.87. The average molecular weight is 255 g/mol. The van der Waals surface area contributed by atoms with Crippen LogP contribution in [-0.4, -0.2) is 21.0 Å². The molecule has 1 aromatic heterocycles. The van der Waals surface area contributed by atoms with E-state index in [9.17, 15) is 4.79 Å². The number of aliphatic carboxylic acids is 1. The van der Waals surface area contributed by atoms with Gasteiger partial charge in [-0.1, -0.05) is 18.2 Å². The number of nitrogens with zero attached hydrogens (tertiary/aromatic N) is 2. The van der Waals surface area contributed by atoms with Crippen LogP contribution in [0.25, 0.3) is 6.08 Å². The van der Waals surface area contributed by atoms with Gasteiger partial charge >= 0.3 is 5.97 Å². The van der Waals surface area contributed by atoms with Crippen LogP contribution in [-0.2, 0) is 4.79 Å². The zero-order valence-electron chi connectivity index (χ0n) is 10.4. The molecule has 0 radical (unpaired) electrons. The molecule has 5 heteroatoms. The fraction of sp³-hybridized carbons (Fsp3) is 0.0714. The number of aryl methyl sites for hydroxylation is 1. The maximum absolute atomic E-state index is 10.4. The van der Waals surface area contributed by atoms with Crippen molar-refractivity contribution >= 4 is 23.7 Å². The number of para-hydroxylation sites is 1. The third-order valence-corrected chi connectivity index (χ3v) is 2.48. The number of anilines is 2. The molecule has 0 saturated carbocycles. The summed E-state index contributed by atoms with van der Waals surface area (Å²) in [7, 11) is 0. The number of aromatic nitrogens is 2. The zero-order valence-corrected chi connectivity index (χ0v) is 10.4. The van der Waals surface area contributed by atoms with Gasteiger partial charge in [0.25, 0.3) is 0 Å². The van der Waals surface area contributed by atoms with Crippen molar-refractivity contribution in [1.82, 2.24) is 9.97 Å². The van der Waals surface area contributed by atoms with Crippen LogP contribution in [0.1, 0.15) is 11.1 Å². The predicted molar refractivity (Wildman–Crippen MR) is 73.2 cm³/mol. The minimum absolute atomic E-state index is 0.474. The van der Waals surface area contributed by atoms with Crippen LogP contribution in [0.3, 0.4) is 0 Å². The van der Waals surface area contributed by atoms with E-state index in [1.165, 1.54) is 6.08 Å². The first-order valence-corrected chi connectivity index (χ1v) is 5.71. The van der Waals surface area contributed by atoms with E-state index in [4.69, 9.17) is 5.11 Å². The fourth-order valence-electron chi connectivity index (χ4n) is 1.49. The second-order valence-corrected chi connectivity index (χ2v) is 3.95. The van der Waals surface area contributed by atoms with Crippen molar-refractivity contribution in [2.75, 3.05) is 5.32 Å². The maximum Gasteiger partial charge on any atom is 0.328 e. The van der Waals surface area contributed by atoms with Crippen molar-refractivity contribution in [1.29, 1.82) is 0 Å². The Hall–Kier alpha value is -2.69. The van der Waals surface area contributed by atoms with Gasteiger partial charge in [-0.05, 0) is 24.6 Å². The van der Waals surface area contributed by atoms with Gasteiger partial charge in [0.1, 0.15) is 0 Å². The summed E-state index contributed by atoms with van der Waals surface area (Å²) < 4.78 is 0. The van der Waals surface area contributed by atoms with Crippen LogP contribution in [0.4, 0.5) is 11.6 Å². The van der Waals surface area contributed by atoms with Crippen molar-refractivity contribution in [3.63, 3.8) is 0 Å². The molecule has 0 fully saturated rings. The predicted octanol–water partition coefficient (Wildman–Crippen LogP) is 2.63. The summed E-state index contributed by atoms with van der Waals surface area (Å²) in [6.07, 6.45) is 5.62. The van der Waals surface area contributed by atoms with Crippen molar-refractivity contribution in [3.8, 4) is 0 Å². The largest absolute Gasteiger partial charge is 0.478 e. The maximum atomic E-state index is 10.4. The molecular weight excluding hydrogens is 242 g/mol. The van der Waals surface area contributed by atoms with Gasteiger partial charge in [-0.25, -0.2) is 14.8 Å². The number of benzene rings is 1. The molecule has 0 amide bonds. The lowest BCUT2D eigenvalue weighted by atomic mass is 10.2. The Labute approximate surface area is 110 Å². The number of carboxylic acid groups (broad SMARTS) is 1. The molecule has 2 rings (SSSR count). The van der Waals surface area contributed by atoms with Crippen LogP contribution < -0.4 is 5.32 Å². The van der Waals surface area contributed by atoms with E-state index in [-0.39, 0.29) is 0 Å². The Balaban J connectivity index is 2.11. The van der Waals surface area contributed by atoms with Gasteiger partial charge in [0.2, 0.25) is 5.95 Å². The third kappa shape index (κ3) is 3.64. The molecular formula is C14H13N3O2. The number of carboxylic acids is 1. The van der Waals surface area contributed by atoms with Crippen LogP contribution in [0.15, 0.2) is 42.7 Å². The molecule has 0 saturated heterocycles. The van der Waals surface area contributed by atoms with Crippen molar-refractivity contribution in [3.05, 3.63) is 53.9 Å². The number of carbonyl (C=O) groups is 1. The molecule has 0 aliphatic heterocycles. The van der Waals surface area contributed by atoms with Crippen LogP contribution in [0.2, 0.25) is 0 Å². The molecule has 2 N–H and O–H groups in total. The number of rotatable bonds is 4. The van der Waals surface area contributed by atoms with Gasteiger partial charge < -0.3 is 10.4 Å². The first kappa shape index (κ1) is 12.8. The average Bonchev–Trinajstić information content (AvgIpc) is 2.40. The number of hydrogen-bond acceptors (Lipinski definition) is 4. The Bertz CT molecular complexity index is 606. The normalized spacial score (nSPS) is 10.6. The molecule has 96 valence electrons. The first-order valence-electron chi connectivity index (χ1n) is 5.71. The zero-order chi connectivity index (χ0) is 13.7. The summed E-state index contributed by atoms with van der Waals surface area (Å²) in [5.74, 6) is -0.524. The van der Waals surface area contributed by atoms with Crippen LogP contribution in [0.5, 0.6) is 0 Å². The smallest absolute Gasteiger partial charge is 0.328 e. The summed E-state index contributed by atoms with van der Waals surface area (Å²) in [6, 6.07) is 7.82. The van der Waals surface area contributed by atoms with Gasteiger partial charge in [-0.2, -0.15) is 0 Å². The van der Waals surface area contributed by atoms with Crippen molar-refractivity contribution < 1.29 is 9.90 Å². The summed E-state index contributed by atoms with van der Waals surface area (Å²) in [5.41, 5.74) is 2.68. The molecule has 0 atom stereocenters. The summed E-state index contributed by atoms with van der Waals surface area (Å²) >= 11 is 0. The molecule has 0 bridgehead atoms. The van der Waals surface area contributed by atoms with Crippen LogP contribution >= 0.6 is 0 Å². The van der Waals surface area contributed by atoms with E-state index in [2.05, 4.69) is 15.3 Å². The van der Waals surface area contributed by atoms with Crippen molar-refractivity contribution in [2.45, 2.75) is 6.92 Å². The lowest BCUT2D eigenvalue weighted by molar-refractivity contribution is -0.131. The molecule has 5 nitrogen and oxygen atoms in total. The highest BCUT2D eigenvalue weighted by Gasteiger charge is 2.00. The van der Waals surface area contributed by atoms with Gasteiger partial charge in [0.15, 0.2) is 0 Å². The molecule has 0 unspecified atom stereocenters. The van der Waals surface area contributed by atoms with Gasteiger partial charge in [0.05, 0.1) is 0 Å². The van der Waals surface area contributed by atoms with E-state index in [0.29, 0.717) is 11.5 Å². The molecule has 19 heavy (non-hydrogen) atoms. The highest BCUT2D eigenvalue weighted by molar-refractivity contribution is 5.85.